The third-order valence-corrected chi connectivity index (χ3v) is 3.20. The Kier molecular flexibility index (Phi) is 9.32. The Balaban J connectivity index is 3.28. The molecule has 0 saturated heterocycles. The van der Waals surface area contributed by atoms with Gasteiger partial charge in [-0.1, -0.05) is 49.5 Å². The van der Waals surface area contributed by atoms with Gasteiger partial charge in [-0.2, -0.15) is 0 Å². The van der Waals surface area contributed by atoms with Gasteiger partial charge in [-0.05, 0) is 18.8 Å². The van der Waals surface area contributed by atoms with E-state index in [1.165, 1.54) is 25.7 Å². The zero-order chi connectivity index (χ0) is 10.1. The van der Waals surface area contributed by atoms with Crippen molar-refractivity contribution < 1.29 is 4.74 Å². The van der Waals surface area contributed by atoms with Crippen LogP contribution in [0.3, 0.4) is 0 Å². The van der Waals surface area contributed by atoms with Crippen molar-refractivity contribution in [1.29, 1.82) is 0 Å². The molecule has 0 heterocycles. The average molecular weight is 251 g/mol. The minimum absolute atomic E-state index is 0.618. The summed E-state index contributed by atoms with van der Waals surface area (Å²) in [6.07, 6.45) is 4.85. The van der Waals surface area contributed by atoms with Crippen LogP contribution in [0.25, 0.3) is 0 Å². The first-order chi connectivity index (χ1) is 6.22. The van der Waals surface area contributed by atoms with Crippen molar-refractivity contribution in [2.75, 3.05) is 13.2 Å². The predicted molar refractivity (Wildman–Crippen MR) is 62.5 cm³/mol. The average Bonchev–Trinajstić information content (AvgIpc) is 2.10. The van der Waals surface area contributed by atoms with Crippen molar-refractivity contribution in [3.05, 3.63) is 0 Å². The van der Waals surface area contributed by atoms with E-state index < -0.39 is 0 Å². The summed E-state index contributed by atoms with van der Waals surface area (Å²) in [6, 6.07) is 0. The van der Waals surface area contributed by atoms with E-state index >= 15 is 0 Å². The monoisotopic (exact) mass is 250 g/mol. The number of rotatable bonds is 8. The van der Waals surface area contributed by atoms with Crippen LogP contribution in [0.4, 0.5) is 0 Å². The predicted octanol–water partition coefficient (Wildman–Crippen LogP) is 4.00. The lowest BCUT2D eigenvalue weighted by atomic mass is 10.0. The minimum Gasteiger partial charge on any atom is -0.381 e. The first kappa shape index (κ1) is 13.4. The number of hydrogen-bond donors (Lipinski definition) is 0. The van der Waals surface area contributed by atoms with Crippen LogP contribution < -0.4 is 0 Å². The van der Waals surface area contributed by atoms with Gasteiger partial charge in [0.1, 0.15) is 0 Å². The molecule has 0 aromatic rings. The molecule has 0 bridgehead atoms. The van der Waals surface area contributed by atoms with Gasteiger partial charge in [-0.3, -0.25) is 0 Å². The van der Waals surface area contributed by atoms with Crippen LogP contribution in [0, 0.1) is 5.92 Å². The van der Waals surface area contributed by atoms with Gasteiger partial charge < -0.3 is 4.74 Å². The van der Waals surface area contributed by atoms with E-state index in [0.29, 0.717) is 4.83 Å². The van der Waals surface area contributed by atoms with Crippen molar-refractivity contribution in [2.24, 2.45) is 5.92 Å². The molecular weight excluding hydrogens is 228 g/mol. The van der Waals surface area contributed by atoms with Crippen LogP contribution in [0.1, 0.15) is 46.5 Å². The van der Waals surface area contributed by atoms with E-state index in [-0.39, 0.29) is 0 Å². The molecule has 0 aliphatic heterocycles. The van der Waals surface area contributed by atoms with Gasteiger partial charge in [0.2, 0.25) is 0 Å². The fourth-order valence-electron chi connectivity index (χ4n) is 1.34. The van der Waals surface area contributed by atoms with E-state index in [1.54, 1.807) is 0 Å². The van der Waals surface area contributed by atoms with Crippen molar-refractivity contribution >= 4 is 15.9 Å². The molecule has 0 radical (unpaired) electrons. The van der Waals surface area contributed by atoms with Crippen LogP contribution in [-0.4, -0.2) is 18.0 Å². The standard InChI is InChI=1S/C11H23BrO/c1-4-6-8-13-9-7-11(5-2)10(3)12/h10-11H,4-9H2,1-3H3. The molecule has 2 unspecified atom stereocenters. The highest BCUT2D eigenvalue weighted by atomic mass is 79.9. The molecule has 0 rings (SSSR count). The smallest absolute Gasteiger partial charge is 0.0469 e. The largest absolute Gasteiger partial charge is 0.381 e. The summed E-state index contributed by atoms with van der Waals surface area (Å²) in [6.45, 7) is 8.52. The summed E-state index contributed by atoms with van der Waals surface area (Å²) < 4.78 is 5.54. The SMILES string of the molecule is CCCCOCCC(CC)C(C)Br. The normalized spacial score (nSPS) is 15.7. The Hall–Kier alpha value is 0.440. The summed E-state index contributed by atoms with van der Waals surface area (Å²) in [7, 11) is 0. The van der Waals surface area contributed by atoms with Gasteiger partial charge >= 0.3 is 0 Å². The fourth-order valence-corrected chi connectivity index (χ4v) is 1.98. The second-order valence-corrected chi connectivity index (χ2v) is 5.04. The number of alkyl halides is 1. The lowest BCUT2D eigenvalue weighted by Crippen LogP contribution is -2.13. The summed E-state index contributed by atoms with van der Waals surface area (Å²) in [5.41, 5.74) is 0. The molecule has 0 N–H and O–H groups in total. The highest BCUT2D eigenvalue weighted by Crippen LogP contribution is 2.19. The maximum Gasteiger partial charge on any atom is 0.0469 e. The van der Waals surface area contributed by atoms with Gasteiger partial charge in [0.25, 0.3) is 0 Å². The van der Waals surface area contributed by atoms with Crippen molar-refractivity contribution in [1.82, 2.24) is 0 Å². The maximum absolute atomic E-state index is 5.54. The number of ether oxygens (including phenoxy) is 1. The molecule has 0 saturated carbocycles. The number of hydrogen-bond acceptors (Lipinski definition) is 1. The molecule has 0 aromatic carbocycles. The van der Waals surface area contributed by atoms with Crippen LogP contribution in [0.5, 0.6) is 0 Å². The molecular formula is C11H23BrO. The maximum atomic E-state index is 5.54. The number of halogens is 1. The summed E-state index contributed by atoms with van der Waals surface area (Å²) in [5, 5.41) is 0. The van der Waals surface area contributed by atoms with Crippen molar-refractivity contribution in [2.45, 2.75) is 51.3 Å². The molecule has 1 nitrogen and oxygen atoms in total. The number of unbranched alkanes of at least 4 members (excludes halogenated alkanes) is 1. The van der Waals surface area contributed by atoms with E-state index in [2.05, 4.69) is 36.7 Å². The Morgan fingerprint density at radius 1 is 1.23 bits per heavy atom. The van der Waals surface area contributed by atoms with Crippen LogP contribution >= 0.6 is 15.9 Å². The molecule has 0 aliphatic rings. The third-order valence-electron chi connectivity index (χ3n) is 2.45. The van der Waals surface area contributed by atoms with Gasteiger partial charge in [0.15, 0.2) is 0 Å². The highest BCUT2D eigenvalue weighted by Gasteiger charge is 2.11. The zero-order valence-corrected chi connectivity index (χ0v) is 10.8. The van der Waals surface area contributed by atoms with E-state index in [0.717, 1.165) is 19.1 Å². The molecule has 0 fully saturated rings. The van der Waals surface area contributed by atoms with Crippen LogP contribution in [0.15, 0.2) is 0 Å². The van der Waals surface area contributed by atoms with Crippen LogP contribution in [-0.2, 0) is 4.74 Å². The molecule has 2 heteroatoms. The van der Waals surface area contributed by atoms with Gasteiger partial charge in [0, 0.05) is 18.0 Å². The van der Waals surface area contributed by atoms with E-state index in [9.17, 15) is 0 Å². The Bertz CT molecular complexity index is 104. The topological polar surface area (TPSA) is 9.23 Å². The first-order valence-electron chi connectivity index (χ1n) is 5.44. The highest BCUT2D eigenvalue weighted by molar-refractivity contribution is 9.09. The molecule has 13 heavy (non-hydrogen) atoms. The Labute approximate surface area is 91.4 Å². The van der Waals surface area contributed by atoms with E-state index in [4.69, 9.17) is 4.74 Å². The fraction of sp³-hybridized carbons (Fsp3) is 1.00. The van der Waals surface area contributed by atoms with Crippen LogP contribution in [0.2, 0.25) is 0 Å². The van der Waals surface area contributed by atoms with Gasteiger partial charge in [0.05, 0.1) is 0 Å². The lowest BCUT2D eigenvalue weighted by molar-refractivity contribution is 0.117. The molecule has 0 aromatic heterocycles. The quantitative estimate of drug-likeness (QED) is 0.468. The Morgan fingerprint density at radius 2 is 1.92 bits per heavy atom. The van der Waals surface area contributed by atoms with Gasteiger partial charge in [-0.25, -0.2) is 0 Å². The molecule has 2 atom stereocenters. The zero-order valence-electron chi connectivity index (χ0n) is 9.18. The molecule has 0 amide bonds. The minimum atomic E-state index is 0.618. The second kappa shape index (κ2) is 9.01. The van der Waals surface area contributed by atoms with Crippen molar-refractivity contribution in [3.63, 3.8) is 0 Å². The molecule has 80 valence electrons. The Morgan fingerprint density at radius 3 is 2.38 bits per heavy atom. The van der Waals surface area contributed by atoms with E-state index in [1.807, 2.05) is 0 Å². The summed E-state index contributed by atoms with van der Waals surface area (Å²) in [5.74, 6) is 0.765. The summed E-state index contributed by atoms with van der Waals surface area (Å²) >= 11 is 3.63. The molecule has 0 spiro atoms. The lowest BCUT2D eigenvalue weighted by Gasteiger charge is -2.17. The third kappa shape index (κ3) is 7.51. The second-order valence-electron chi connectivity index (χ2n) is 3.60. The molecule has 0 aliphatic carbocycles. The summed E-state index contributed by atoms with van der Waals surface area (Å²) in [4.78, 5) is 0.618. The van der Waals surface area contributed by atoms with Crippen molar-refractivity contribution in [3.8, 4) is 0 Å². The van der Waals surface area contributed by atoms with Gasteiger partial charge in [-0.15, -0.1) is 0 Å². The first-order valence-corrected chi connectivity index (χ1v) is 6.35.